The molecule has 29 heavy (non-hydrogen) atoms. The number of hydrogen-bond donors (Lipinski definition) is 3. The Morgan fingerprint density at radius 1 is 1.28 bits per heavy atom. The predicted molar refractivity (Wildman–Crippen MR) is 105 cm³/mol. The zero-order valence-electron chi connectivity index (χ0n) is 15.6. The lowest BCUT2D eigenvalue weighted by Crippen LogP contribution is -2.26. The summed E-state index contributed by atoms with van der Waals surface area (Å²) in [5.74, 6) is -0.495. The van der Waals surface area contributed by atoms with Crippen molar-refractivity contribution in [2.75, 3.05) is 13.7 Å². The summed E-state index contributed by atoms with van der Waals surface area (Å²) in [6.07, 6.45) is 1.91. The molecule has 0 heterocycles. The molecule has 0 fully saturated rings. The van der Waals surface area contributed by atoms with Gasteiger partial charge in [-0.15, -0.1) is 0 Å². The highest BCUT2D eigenvalue weighted by Crippen LogP contribution is 2.25. The van der Waals surface area contributed by atoms with Crippen LogP contribution in [0.1, 0.15) is 28.8 Å². The molecule has 0 aliphatic rings. The van der Waals surface area contributed by atoms with Crippen LogP contribution in [-0.4, -0.2) is 41.7 Å². The molecule has 2 amide bonds. The number of methoxy groups -OCH3 is 1. The number of carbonyl (C=O) groups is 2. The van der Waals surface area contributed by atoms with Gasteiger partial charge in [-0.05, 0) is 36.2 Å². The minimum Gasteiger partial charge on any atom is -0.504 e. The van der Waals surface area contributed by atoms with E-state index in [4.69, 9.17) is 4.74 Å². The summed E-state index contributed by atoms with van der Waals surface area (Å²) < 4.78 is 4.98. The van der Waals surface area contributed by atoms with Crippen molar-refractivity contribution in [2.24, 2.45) is 5.10 Å². The molecule has 0 unspecified atom stereocenters. The summed E-state index contributed by atoms with van der Waals surface area (Å²) >= 11 is 0. The van der Waals surface area contributed by atoms with Crippen molar-refractivity contribution >= 4 is 23.7 Å². The third-order valence-corrected chi connectivity index (χ3v) is 3.79. The predicted octanol–water partition coefficient (Wildman–Crippen LogP) is 1.97. The average molecular weight is 400 g/mol. The number of phenolic OH excluding ortho intramolecular Hbond substituents is 1. The van der Waals surface area contributed by atoms with Crippen molar-refractivity contribution < 1.29 is 24.4 Å². The first-order chi connectivity index (χ1) is 13.9. The topological polar surface area (TPSA) is 143 Å². The number of nitro groups is 1. The maximum atomic E-state index is 12.0. The summed E-state index contributed by atoms with van der Waals surface area (Å²) in [5.41, 5.74) is 3.00. The molecule has 0 spiro atoms. The fourth-order valence-corrected chi connectivity index (χ4v) is 2.32. The van der Waals surface area contributed by atoms with Gasteiger partial charge in [0.1, 0.15) is 0 Å². The van der Waals surface area contributed by atoms with Gasteiger partial charge in [-0.2, -0.15) is 5.10 Å². The maximum Gasteiger partial charge on any atom is 0.270 e. The normalized spacial score (nSPS) is 10.5. The quantitative estimate of drug-likeness (QED) is 0.254. The lowest BCUT2D eigenvalue weighted by molar-refractivity contribution is -0.384. The summed E-state index contributed by atoms with van der Waals surface area (Å²) in [4.78, 5) is 33.9. The molecule has 10 heteroatoms. The van der Waals surface area contributed by atoms with Crippen molar-refractivity contribution in [3.63, 3.8) is 0 Å². The second kappa shape index (κ2) is 10.4. The van der Waals surface area contributed by atoms with E-state index in [1.165, 1.54) is 43.7 Å². The third kappa shape index (κ3) is 6.61. The van der Waals surface area contributed by atoms with Crippen molar-refractivity contribution in [2.45, 2.75) is 12.8 Å². The number of benzene rings is 2. The Balaban J connectivity index is 1.72. The number of hydrazone groups is 1. The minimum absolute atomic E-state index is 0.000778. The second-order valence-electron chi connectivity index (χ2n) is 5.89. The maximum absolute atomic E-state index is 12.0. The van der Waals surface area contributed by atoms with Crippen LogP contribution >= 0.6 is 0 Å². The van der Waals surface area contributed by atoms with E-state index in [0.29, 0.717) is 17.7 Å². The molecule has 0 saturated carbocycles. The highest BCUT2D eigenvalue weighted by Gasteiger charge is 2.11. The fourth-order valence-electron chi connectivity index (χ4n) is 2.32. The van der Waals surface area contributed by atoms with Gasteiger partial charge in [0.25, 0.3) is 11.6 Å². The number of carbonyl (C=O) groups excluding carboxylic acids is 2. The highest BCUT2D eigenvalue weighted by atomic mass is 16.6. The van der Waals surface area contributed by atoms with Gasteiger partial charge in [-0.1, -0.05) is 6.07 Å². The highest BCUT2D eigenvalue weighted by molar-refractivity contribution is 5.94. The molecular weight excluding hydrogens is 380 g/mol. The zero-order valence-corrected chi connectivity index (χ0v) is 15.6. The number of nitrogens with one attached hydrogen (secondary N) is 2. The lowest BCUT2D eigenvalue weighted by Gasteiger charge is -2.05. The Morgan fingerprint density at radius 3 is 2.79 bits per heavy atom. The SMILES string of the molecule is COc1cc(C=NNC(=O)CCCNC(=O)c2cccc([N+](=O)[O-])c2)ccc1O. The Labute approximate surface area is 166 Å². The molecule has 0 radical (unpaired) electrons. The van der Waals surface area contributed by atoms with Crippen LogP contribution in [0, 0.1) is 10.1 Å². The van der Waals surface area contributed by atoms with Crippen LogP contribution in [-0.2, 0) is 4.79 Å². The number of nitro benzene ring substituents is 1. The van der Waals surface area contributed by atoms with Crippen molar-refractivity contribution in [3.05, 3.63) is 63.7 Å². The first kappa shape index (κ1) is 21.4. The first-order valence-corrected chi connectivity index (χ1v) is 8.62. The Hall–Kier alpha value is -3.95. The van der Waals surface area contributed by atoms with Crippen molar-refractivity contribution in [1.29, 1.82) is 0 Å². The second-order valence-corrected chi connectivity index (χ2v) is 5.89. The number of rotatable bonds is 9. The lowest BCUT2D eigenvalue weighted by atomic mass is 10.2. The number of phenols is 1. The molecule has 0 aliphatic carbocycles. The van der Waals surface area contributed by atoms with Crippen LogP contribution < -0.4 is 15.5 Å². The fraction of sp³-hybridized carbons (Fsp3) is 0.211. The van der Waals surface area contributed by atoms with Gasteiger partial charge in [0.2, 0.25) is 5.91 Å². The van der Waals surface area contributed by atoms with Gasteiger partial charge in [-0.25, -0.2) is 5.43 Å². The van der Waals surface area contributed by atoms with E-state index in [9.17, 15) is 24.8 Å². The molecule has 0 saturated heterocycles. The van der Waals surface area contributed by atoms with Crippen molar-refractivity contribution in [3.8, 4) is 11.5 Å². The third-order valence-electron chi connectivity index (χ3n) is 3.79. The summed E-state index contributed by atoms with van der Waals surface area (Å²) in [7, 11) is 1.43. The van der Waals surface area contributed by atoms with Gasteiger partial charge in [-0.3, -0.25) is 19.7 Å². The minimum atomic E-state index is -0.574. The number of ether oxygens (including phenoxy) is 1. The number of amides is 2. The van der Waals surface area contributed by atoms with Gasteiger partial charge in [0.15, 0.2) is 11.5 Å². The zero-order chi connectivity index (χ0) is 21.2. The van der Waals surface area contributed by atoms with Crippen LogP contribution in [0.15, 0.2) is 47.6 Å². The van der Waals surface area contributed by atoms with Crippen LogP contribution in [0.2, 0.25) is 0 Å². The van der Waals surface area contributed by atoms with Crippen LogP contribution in [0.25, 0.3) is 0 Å². The van der Waals surface area contributed by atoms with Gasteiger partial charge in [0, 0.05) is 30.7 Å². The van der Waals surface area contributed by atoms with E-state index in [-0.39, 0.29) is 35.9 Å². The van der Waals surface area contributed by atoms with E-state index in [0.717, 1.165) is 0 Å². The molecule has 0 aromatic heterocycles. The van der Waals surface area contributed by atoms with Crippen LogP contribution in [0.4, 0.5) is 5.69 Å². The molecule has 0 bridgehead atoms. The number of hydrogen-bond acceptors (Lipinski definition) is 7. The van der Waals surface area contributed by atoms with Crippen LogP contribution in [0.3, 0.4) is 0 Å². The van der Waals surface area contributed by atoms with E-state index in [1.54, 1.807) is 12.1 Å². The standard InChI is InChI=1S/C19H20N4O6/c1-29-17-10-13(7-8-16(17)24)12-21-22-18(25)6-3-9-20-19(26)14-4-2-5-15(11-14)23(27)28/h2,4-5,7-8,10-12,24H,3,6,9H2,1H3,(H,20,26)(H,22,25). The largest absolute Gasteiger partial charge is 0.504 e. The van der Waals surface area contributed by atoms with E-state index in [1.807, 2.05) is 0 Å². The first-order valence-electron chi connectivity index (χ1n) is 8.62. The number of non-ortho nitro benzene ring substituents is 1. The molecule has 10 nitrogen and oxygen atoms in total. The Bertz CT molecular complexity index is 929. The summed E-state index contributed by atoms with van der Waals surface area (Å²) in [6, 6.07) is 10.0. The molecule has 0 aliphatic heterocycles. The van der Waals surface area contributed by atoms with Crippen LogP contribution in [0.5, 0.6) is 11.5 Å². The van der Waals surface area contributed by atoms with E-state index < -0.39 is 10.8 Å². The number of nitrogens with zero attached hydrogens (tertiary/aromatic N) is 2. The average Bonchev–Trinajstić information content (AvgIpc) is 2.72. The smallest absolute Gasteiger partial charge is 0.270 e. The summed E-state index contributed by atoms with van der Waals surface area (Å²) in [6.45, 7) is 0.230. The van der Waals surface area contributed by atoms with Gasteiger partial charge >= 0.3 is 0 Å². The molecular formula is C19H20N4O6. The van der Waals surface area contributed by atoms with Gasteiger partial charge < -0.3 is 15.2 Å². The molecule has 0 atom stereocenters. The molecule has 3 N–H and O–H groups in total. The van der Waals surface area contributed by atoms with E-state index in [2.05, 4.69) is 15.8 Å². The monoisotopic (exact) mass is 400 g/mol. The molecule has 2 rings (SSSR count). The molecule has 152 valence electrons. The Morgan fingerprint density at radius 2 is 2.07 bits per heavy atom. The van der Waals surface area contributed by atoms with E-state index >= 15 is 0 Å². The summed E-state index contributed by atoms with van der Waals surface area (Å²) in [5, 5.41) is 26.7. The van der Waals surface area contributed by atoms with Crippen molar-refractivity contribution in [1.82, 2.24) is 10.7 Å². The molecule has 2 aromatic rings. The number of aromatic hydroxyl groups is 1. The van der Waals surface area contributed by atoms with Gasteiger partial charge in [0.05, 0.1) is 18.2 Å². The Kier molecular flexibility index (Phi) is 7.66. The molecule has 2 aromatic carbocycles.